The third-order valence-electron chi connectivity index (χ3n) is 1.25. The zero-order valence-corrected chi connectivity index (χ0v) is 7.82. The highest BCUT2D eigenvalue weighted by Gasteiger charge is 2.19. The maximum atomic E-state index is 11.8. The van der Waals surface area contributed by atoms with E-state index in [0.29, 0.717) is 0 Å². The molecular formula is C6H4ClF2N3O3. The molecule has 0 fully saturated rings. The second-order valence-corrected chi connectivity index (χ2v) is 2.63. The van der Waals surface area contributed by atoms with E-state index in [1.165, 1.54) is 0 Å². The molecule has 0 unspecified atom stereocenters. The summed E-state index contributed by atoms with van der Waals surface area (Å²) < 4.78 is 28.0. The van der Waals surface area contributed by atoms with Crippen molar-refractivity contribution in [3.63, 3.8) is 0 Å². The Morgan fingerprint density at radius 3 is 2.87 bits per heavy atom. The van der Waals surface area contributed by atoms with E-state index in [9.17, 15) is 18.9 Å². The molecular weight excluding hydrogens is 236 g/mol. The summed E-state index contributed by atoms with van der Waals surface area (Å²) in [6.45, 7) is -0.992. The Balaban J connectivity index is 2.92. The van der Waals surface area contributed by atoms with Crippen molar-refractivity contribution in [1.82, 2.24) is 9.97 Å². The molecule has 0 spiro atoms. The number of hydrogen-bond acceptors (Lipinski definition) is 5. The maximum absolute atomic E-state index is 11.8. The predicted octanol–water partition coefficient (Wildman–Crippen LogP) is 1.68. The van der Waals surface area contributed by atoms with Crippen LogP contribution in [0.25, 0.3) is 0 Å². The van der Waals surface area contributed by atoms with Crippen LogP contribution in [0.1, 0.15) is 0 Å². The molecule has 15 heavy (non-hydrogen) atoms. The van der Waals surface area contributed by atoms with E-state index in [4.69, 9.17) is 11.6 Å². The van der Waals surface area contributed by atoms with Gasteiger partial charge in [0.25, 0.3) is 12.3 Å². The minimum Gasteiger partial charge on any atom is -0.467 e. The maximum Gasteiger partial charge on any atom is 0.349 e. The van der Waals surface area contributed by atoms with Crippen LogP contribution in [0.5, 0.6) is 5.88 Å². The Hall–Kier alpha value is -1.57. The van der Waals surface area contributed by atoms with Crippen LogP contribution in [-0.4, -0.2) is 27.9 Å². The van der Waals surface area contributed by atoms with E-state index in [-0.39, 0.29) is 5.28 Å². The molecule has 9 heteroatoms. The summed E-state index contributed by atoms with van der Waals surface area (Å²) in [6.07, 6.45) is -1.96. The molecule has 1 heterocycles. The van der Waals surface area contributed by atoms with Gasteiger partial charge in [-0.3, -0.25) is 10.1 Å². The molecule has 0 amide bonds. The highest BCUT2D eigenvalue weighted by molar-refractivity contribution is 6.28. The van der Waals surface area contributed by atoms with Gasteiger partial charge in [-0.2, -0.15) is 4.98 Å². The molecule has 1 aromatic heterocycles. The van der Waals surface area contributed by atoms with Crippen molar-refractivity contribution in [2.75, 3.05) is 6.61 Å². The molecule has 6 nitrogen and oxygen atoms in total. The van der Waals surface area contributed by atoms with Crippen LogP contribution < -0.4 is 4.74 Å². The topological polar surface area (TPSA) is 78.2 Å². The van der Waals surface area contributed by atoms with Crippen LogP contribution in [0.4, 0.5) is 14.5 Å². The minimum atomic E-state index is -2.75. The number of ether oxygens (including phenoxy) is 1. The smallest absolute Gasteiger partial charge is 0.349 e. The Kier molecular flexibility index (Phi) is 3.67. The van der Waals surface area contributed by atoms with Crippen LogP contribution in [0.3, 0.4) is 0 Å². The second kappa shape index (κ2) is 4.78. The number of halogens is 3. The molecule has 0 saturated carbocycles. The van der Waals surface area contributed by atoms with Crippen LogP contribution in [-0.2, 0) is 0 Å². The first-order chi connectivity index (χ1) is 7.00. The van der Waals surface area contributed by atoms with Crippen LogP contribution >= 0.6 is 11.6 Å². The zero-order valence-electron chi connectivity index (χ0n) is 7.06. The summed E-state index contributed by atoms with van der Waals surface area (Å²) in [4.78, 5) is 16.2. The van der Waals surface area contributed by atoms with Gasteiger partial charge < -0.3 is 4.74 Å². The molecule has 0 atom stereocenters. The summed E-state index contributed by atoms with van der Waals surface area (Å²) >= 11 is 5.32. The van der Waals surface area contributed by atoms with E-state index in [0.717, 1.165) is 6.20 Å². The highest BCUT2D eigenvalue weighted by Crippen LogP contribution is 2.24. The van der Waals surface area contributed by atoms with Gasteiger partial charge in [-0.05, 0) is 11.6 Å². The molecule has 0 bridgehead atoms. The zero-order chi connectivity index (χ0) is 11.4. The van der Waals surface area contributed by atoms with Crippen molar-refractivity contribution in [3.05, 3.63) is 21.6 Å². The fourth-order valence-corrected chi connectivity index (χ4v) is 0.838. The van der Waals surface area contributed by atoms with Gasteiger partial charge in [0.05, 0.1) is 4.92 Å². The number of hydrogen-bond donors (Lipinski definition) is 0. The third kappa shape index (κ3) is 3.24. The number of rotatable bonds is 4. The Bertz CT molecular complexity index is 377. The Labute approximate surface area is 87.0 Å². The molecule has 0 aromatic carbocycles. The van der Waals surface area contributed by atoms with Crippen molar-refractivity contribution in [2.45, 2.75) is 6.43 Å². The van der Waals surface area contributed by atoms with Gasteiger partial charge in [-0.25, -0.2) is 13.8 Å². The van der Waals surface area contributed by atoms with E-state index >= 15 is 0 Å². The Morgan fingerprint density at radius 1 is 1.67 bits per heavy atom. The molecule has 0 N–H and O–H groups in total. The SMILES string of the molecule is O=[N+]([O-])c1cnc(Cl)nc1OCC(F)F. The van der Waals surface area contributed by atoms with Gasteiger partial charge >= 0.3 is 5.69 Å². The predicted molar refractivity (Wildman–Crippen MR) is 45.2 cm³/mol. The lowest BCUT2D eigenvalue weighted by atomic mass is 10.5. The van der Waals surface area contributed by atoms with Gasteiger partial charge in [0, 0.05) is 0 Å². The second-order valence-electron chi connectivity index (χ2n) is 2.29. The monoisotopic (exact) mass is 239 g/mol. The highest BCUT2D eigenvalue weighted by atomic mass is 35.5. The molecule has 0 aliphatic carbocycles. The molecule has 0 saturated heterocycles. The fraction of sp³-hybridized carbons (Fsp3) is 0.333. The minimum absolute atomic E-state index is 0.315. The average Bonchev–Trinajstić information content (AvgIpc) is 2.14. The largest absolute Gasteiger partial charge is 0.467 e. The quantitative estimate of drug-likeness (QED) is 0.454. The number of aromatic nitrogens is 2. The lowest BCUT2D eigenvalue weighted by molar-refractivity contribution is -0.386. The fourth-order valence-electron chi connectivity index (χ4n) is 0.713. The van der Waals surface area contributed by atoms with Gasteiger partial charge in [0.1, 0.15) is 6.20 Å². The molecule has 0 aliphatic rings. The van der Waals surface area contributed by atoms with Crippen molar-refractivity contribution in [2.24, 2.45) is 0 Å². The van der Waals surface area contributed by atoms with Crippen molar-refractivity contribution >= 4 is 17.3 Å². The molecule has 1 aromatic rings. The summed E-state index contributed by atoms with van der Waals surface area (Å²) in [5.74, 6) is -0.569. The normalized spacial score (nSPS) is 10.4. The standard InChI is InChI=1S/C6H4ClF2N3O3/c7-6-10-1-3(12(13)14)5(11-6)15-2-4(8)9/h1,4H,2H2. The van der Waals surface area contributed by atoms with Crippen molar-refractivity contribution in [3.8, 4) is 5.88 Å². The molecule has 0 aliphatic heterocycles. The summed E-state index contributed by atoms with van der Waals surface area (Å²) in [6, 6.07) is 0. The van der Waals surface area contributed by atoms with Crippen LogP contribution in [0.2, 0.25) is 5.28 Å². The Morgan fingerprint density at radius 2 is 2.33 bits per heavy atom. The lowest BCUT2D eigenvalue weighted by Gasteiger charge is -2.04. The van der Waals surface area contributed by atoms with Crippen molar-refractivity contribution < 1.29 is 18.4 Å². The van der Waals surface area contributed by atoms with Gasteiger partial charge in [0.2, 0.25) is 5.28 Å². The average molecular weight is 240 g/mol. The number of alkyl halides is 2. The summed E-state index contributed by atoms with van der Waals surface area (Å²) in [5, 5.41) is 10.1. The number of nitrogens with zero attached hydrogens (tertiary/aromatic N) is 3. The van der Waals surface area contributed by atoms with E-state index in [2.05, 4.69) is 14.7 Å². The first-order valence-electron chi connectivity index (χ1n) is 3.58. The third-order valence-corrected chi connectivity index (χ3v) is 1.43. The lowest BCUT2D eigenvalue weighted by Crippen LogP contribution is -2.09. The number of nitro groups is 1. The van der Waals surface area contributed by atoms with E-state index < -0.39 is 29.5 Å². The van der Waals surface area contributed by atoms with Gasteiger partial charge in [-0.1, -0.05) is 0 Å². The molecule has 0 radical (unpaired) electrons. The van der Waals surface area contributed by atoms with Crippen LogP contribution in [0, 0.1) is 10.1 Å². The van der Waals surface area contributed by atoms with Crippen molar-refractivity contribution in [1.29, 1.82) is 0 Å². The van der Waals surface area contributed by atoms with E-state index in [1.807, 2.05) is 0 Å². The van der Waals surface area contributed by atoms with Gasteiger partial charge in [-0.15, -0.1) is 0 Å². The first kappa shape index (κ1) is 11.5. The summed E-state index contributed by atoms with van der Waals surface area (Å²) in [7, 11) is 0. The van der Waals surface area contributed by atoms with E-state index in [1.54, 1.807) is 0 Å². The summed E-state index contributed by atoms with van der Waals surface area (Å²) in [5.41, 5.74) is -0.611. The molecule has 1 rings (SSSR count). The first-order valence-corrected chi connectivity index (χ1v) is 3.96. The van der Waals surface area contributed by atoms with Crippen LogP contribution in [0.15, 0.2) is 6.20 Å². The van der Waals surface area contributed by atoms with Gasteiger partial charge in [0.15, 0.2) is 6.61 Å². The molecule has 82 valence electrons.